The van der Waals surface area contributed by atoms with Crippen LogP contribution in [0.2, 0.25) is 0 Å². The summed E-state index contributed by atoms with van der Waals surface area (Å²) in [6, 6.07) is 22.1. The van der Waals surface area contributed by atoms with Crippen molar-refractivity contribution in [3.05, 3.63) is 138 Å². The maximum atomic E-state index is 15.0. The van der Waals surface area contributed by atoms with E-state index in [2.05, 4.69) is 52.2 Å². The maximum Gasteiger partial charge on any atom is 0.408 e. The number of amides is 9. The van der Waals surface area contributed by atoms with Crippen molar-refractivity contribution >= 4 is 116 Å². The van der Waals surface area contributed by atoms with Gasteiger partial charge in [-0.1, -0.05) is 150 Å². The normalized spacial score (nSPS) is 15.8. The molecule has 1 heterocycles. The zero-order valence-corrected chi connectivity index (χ0v) is 63.3. The van der Waals surface area contributed by atoms with E-state index in [9.17, 15) is 61.2 Å². The van der Waals surface area contributed by atoms with Crippen molar-refractivity contribution in [1.29, 1.82) is 0 Å². The van der Waals surface area contributed by atoms with Gasteiger partial charge in [0.05, 0.1) is 57.5 Å². The number of ether oxygens (including phenoxy) is 6. The molecule has 584 valence electrons. The summed E-state index contributed by atoms with van der Waals surface area (Å²) in [7, 11) is -4.09. The van der Waals surface area contributed by atoms with Crippen LogP contribution in [0.4, 0.5) is 4.79 Å². The Morgan fingerprint density at radius 2 is 1.10 bits per heavy atom. The molecule has 7 atom stereocenters. The molecule has 0 aromatic heterocycles. The van der Waals surface area contributed by atoms with E-state index in [1.807, 2.05) is 0 Å². The lowest BCUT2D eigenvalue weighted by molar-refractivity contribution is -0.153. The van der Waals surface area contributed by atoms with Gasteiger partial charge in [-0.05, 0) is 115 Å². The lowest BCUT2D eigenvalue weighted by Crippen LogP contribution is -2.60. The van der Waals surface area contributed by atoms with Gasteiger partial charge in [0.2, 0.25) is 57.0 Å². The van der Waals surface area contributed by atoms with Gasteiger partial charge < -0.3 is 81.6 Å². The number of rotatable bonds is 39. The Morgan fingerprint density at radius 1 is 0.589 bits per heavy atom. The van der Waals surface area contributed by atoms with Crippen molar-refractivity contribution in [2.75, 3.05) is 52.6 Å². The second-order valence-electron chi connectivity index (χ2n) is 26.4. The van der Waals surface area contributed by atoms with E-state index < -0.39 is 185 Å². The molecule has 2 fully saturated rings. The monoisotopic (exact) mass is 1570 g/mol. The van der Waals surface area contributed by atoms with Gasteiger partial charge in [-0.25, -0.2) is 17.9 Å². The minimum absolute atomic E-state index is 0.00394. The highest BCUT2D eigenvalue weighted by Crippen LogP contribution is 2.26. The number of hydrogen-bond acceptors (Lipinski definition) is 20. The summed E-state index contributed by atoms with van der Waals surface area (Å²) in [5, 5.41) is 20.1. The number of guanidine groups is 1. The summed E-state index contributed by atoms with van der Waals surface area (Å²) < 4.78 is 59.9. The molecule has 9 amide bonds. The van der Waals surface area contributed by atoms with Crippen LogP contribution in [-0.2, 0) is 106 Å². The molecule has 1 aliphatic carbocycles. The second-order valence-corrected chi connectivity index (χ2v) is 30.6. The van der Waals surface area contributed by atoms with Crippen molar-refractivity contribution in [3.8, 4) is 0 Å². The molecule has 0 unspecified atom stereocenters. The fourth-order valence-corrected chi connectivity index (χ4v) is 12.0. The predicted octanol–water partition coefficient (Wildman–Crippen LogP) is 3.76. The van der Waals surface area contributed by atoms with Crippen LogP contribution >= 0.6 is 34.8 Å². The first kappa shape index (κ1) is 86.7. The number of aliphatic imine (C=N–C) groups is 1. The third-order valence-electron chi connectivity index (χ3n) is 16.3. The molecular formula is C72H95Cl3N12O19S. The highest BCUT2D eigenvalue weighted by atomic mass is 35.6. The SMILES string of the molecule is Cc1ccc(S(=O)(=O)NC(N)=NCCC[C@H](NC(=O)OC(C)(C)C)C(=O)NCC(=O)N[C@@H](CC(=O)OC2CCCCC2)C(=O)N[C@@H](COCc2ccccc2)C(=O)N2CCC[C@H]2C(=O)N[C@@H](C)C(=O)N[C@@H](COCc2ccccc2)C(=O)N[C@@H](COCc2ccccc2)C(=O)NCC(=O)OCC(Cl)(Cl)Cl)cc1. The largest absolute Gasteiger partial charge is 0.462 e. The van der Waals surface area contributed by atoms with E-state index in [1.54, 1.807) is 131 Å². The van der Waals surface area contributed by atoms with E-state index >= 15 is 0 Å². The number of carbonyl (C=O) groups is 11. The number of alkyl halides is 3. The Kier molecular flexibility index (Phi) is 35.3. The van der Waals surface area contributed by atoms with E-state index in [0.717, 1.165) is 30.4 Å². The highest BCUT2D eigenvalue weighted by molar-refractivity contribution is 7.90. The molecule has 1 aliphatic heterocycles. The van der Waals surface area contributed by atoms with Crippen LogP contribution in [0.5, 0.6) is 0 Å². The molecular weight excluding hydrogens is 1480 g/mol. The van der Waals surface area contributed by atoms with Crippen LogP contribution in [0.3, 0.4) is 0 Å². The molecule has 0 bridgehead atoms. The van der Waals surface area contributed by atoms with Crippen LogP contribution in [0.1, 0.15) is 114 Å². The van der Waals surface area contributed by atoms with Crippen LogP contribution in [0, 0.1) is 6.92 Å². The van der Waals surface area contributed by atoms with Crippen molar-refractivity contribution in [3.63, 3.8) is 0 Å². The molecule has 4 aromatic rings. The Hall–Kier alpha value is -9.18. The third-order valence-corrected chi connectivity index (χ3v) is 18.0. The van der Waals surface area contributed by atoms with Crippen molar-refractivity contribution in [1.82, 2.24) is 52.2 Å². The first-order chi connectivity index (χ1) is 50.8. The summed E-state index contributed by atoms with van der Waals surface area (Å²) in [5.74, 6) is -9.65. The molecule has 1 saturated heterocycles. The number of carbonyl (C=O) groups excluding carboxylic acids is 11. The Bertz CT molecular complexity index is 3760. The number of halogens is 3. The number of alkyl carbamates (subject to hydrolysis) is 1. The average molecular weight is 1570 g/mol. The Balaban J connectivity index is 1.17. The van der Waals surface area contributed by atoms with E-state index in [-0.39, 0.29) is 63.5 Å². The van der Waals surface area contributed by atoms with Gasteiger partial charge in [0, 0.05) is 13.1 Å². The topological polar surface area (TPSA) is 427 Å². The zero-order chi connectivity index (χ0) is 78.1. The number of nitrogens with one attached hydrogen (secondary N) is 9. The molecule has 31 nitrogen and oxygen atoms in total. The molecule has 107 heavy (non-hydrogen) atoms. The van der Waals surface area contributed by atoms with E-state index in [0.29, 0.717) is 24.0 Å². The van der Waals surface area contributed by atoms with Gasteiger partial charge in [-0.15, -0.1) is 0 Å². The van der Waals surface area contributed by atoms with Crippen molar-refractivity contribution in [2.24, 2.45) is 10.7 Å². The van der Waals surface area contributed by atoms with Crippen molar-refractivity contribution < 1.29 is 89.6 Å². The fraction of sp³-hybridized carbons (Fsp3) is 0.500. The van der Waals surface area contributed by atoms with Gasteiger partial charge in [0.15, 0.2) is 0 Å². The molecule has 6 rings (SSSR count). The smallest absolute Gasteiger partial charge is 0.408 e. The number of nitrogens with two attached hydrogens (primary N) is 1. The van der Waals surface area contributed by atoms with Crippen LogP contribution in [-0.4, -0.2) is 195 Å². The third kappa shape index (κ3) is 32.4. The molecule has 2 aliphatic rings. The lowest BCUT2D eigenvalue weighted by atomic mass is 9.98. The number of esters is 2. The number of benzene rings is 4. The minimum atomic E-state index is -4.09. The first-order valence-corrected chi connectivity index (χ1v) is 37.5. The quantitative estimate of drug-likeness (QED) is 0.00759. The van der Waals surface area contributed by atoms with Gasteiger partial charge in [0.25, 0.3) is 10.0 Å². The number of hydrogen-bond donors (Lipinski definition) is 10. The summed E-state index contributed by atoms with van der Waals surface area (Å²) in [6.07, 6.45) is 1.61. The highest BCUT2D eigenvalue weighted by Gasteiger charge is 2.41. The molecule has 0 radical (unpaired) electrons. The maximum absolute atomic E-state index is 15.0. The summed E-state index contributed by atoms with van der Waals surface area (Å²) in [5.41, 5.74) is 7.87. The zero-order valence-electron chi connectivity index (χ0n) is 60.2. The second kappa shape index (κ2) is 43.6. The van der Waals surface area contributed by atoms with Crippen LogP contribution in [0.25, 0.3) is 0 Å². The first-order valence-electron chi connectivity index (χ1n) is 34.8. The summed E-state index contributed by atoms with van der Waals surface area (Å²) >= 11 is 17.1. The number of nitrogens with zero attached hydrogens (tertiary/aromatic N) is 2. The Morgan fingerprint density at radius 3 is 1.66 bits per heavy atom. The van der Waals surface area contributed by atoms with Crippen molar-refractivity contribution in [2.45, 2.75) is 181 Å². The van der Waals surface area contributed by atoms with Gasteiger partial charge >= 0.3 is 18.0 Å². The number of aryl methyl sites for hydroxylation is 1. The predicted molar refractivity (Wildman–Crippen MR) is 394 cm³/mol. The van der Waals surface area contributed by atoms with E-state index in [1.165, 1.54) is 24.0 Å². The molecule has 11 N–H and O–H groups in total. The molecule has 0 spiro atoms. The van der Waals surface area contributed by atoms with Gasteiger partial charge in [-0.2, -0.15) is 0 Å². The molecule has 1 saturated carbocycles. The minimum Gasteiger partial charge on any atom is -0.462 e. The lowest BCUT2D eigenvalue weighted by Gasteiger charge is -2.30. The van der Waals surface area contributed by atoms with E-state index in [4.69, 9.17) is 69.0 Å². The van der Waals surface area contributed by atoms with Gasteiger partial charge in [-0.3, -0.25) is 52.9 Å². The molecule has 35 heteroatoms. The van der Waals surface area contributed by atoms with Crippen LogP contribution < -0.4 is 53.0 Å². The summed E-state index contributed by atoms with van der Waals surface area (Å²) in [6.45, 7) is 4.09. The molecule has 4 aromatic carbocycles. The fourth-order valence-electron chi connectivity index (χ4n) is 10.9. The van der Waals surface area contributed by atoms with Crippen LogP contribution in [0.15, 0.2) is 125 Å². The number of likely N-dealkylation sites (tertiary alicyclic amines) is 1. The summed E-state index contributed by atoms with van der Waals surface area (Å²) in [4.78, 5) is 159. The Labute approximate surface area is 636 Å². The standard InChI is InChI=1S/C72H95Cl3N12O19S/c1-46-30-32-52(33-31-46)107(99,100)86-69(76)77-34-18-28-53(85-70(98)106-71(3,4)5)63(92)78-37-59(88)81-54(36-60(89)105-51-26-16-9-17-27-51)65(94)84-57(44-103-41-50-24-14-8-15-25-50)68(97)87-35-19-29-58(87)67(96)80-47(2)62(91)82-56(43-102-40-49-22-12-7-13-23-49)66(95)83-55(42-101-39-48-20-10-6-11-21-48)64(93)79-38-61(90)104-45-72(73,74)75/h6-8,10-15,20-25,30-33,47,51,53-58H,9,16-19,26-29,34-45H2,1-5H3,(H,78,92)(H,79,93)(H,80,96)(H,81,88)(H,82,91)(H,83,95)(H,84,94)(H,85,98)(H3,76,77,86)/t47-,53-,54-,55-,56-,57-,58-/m0/s1. The average Bonchev–Trinajstić information content (AvgIpc) is 1.72. The number of sulfonamides is 1. The van der Waals surface area contributed by atoms with Gasteiger partial charge in [0.1, 0.15) is 67.1 Å².